The zero-order chi connectivity index (χ0) is 20.1. The molecule has 0 radical (unpaired) electrons. The SMILES string of the molecule is Cc1ccc(C(=O)Nc2ncccc2O)cc1S(=O)(=O)NCc1ccccc1. The van der Waals surface area contributed by atoms with Crippen LogP contribution in [0.3, 0.4) is 0 Å². The molecule has 2 aromatic carbocycles. The van der Waals surface area contributed by atoms with Gasteiger partial charge in [0.15, 0.2) is 11.6 Å². The predicted molar refractivity (Wildman–Crippen MR) is 106 cm³/mol. The number of hydrogen-bond acceptors (Lipinski definition) is 5. The van der Waals surface area contributed by atoms with Gasteiger partial charge in [-0.1, -0.05) is 36.4 Å². The number of aromatic nitrogens is 1. The number of amides is 1. The van der Waals surface area contributed by atoms with E-state index in [0.717, 1.165) is 5.56 Å². The minimum atomic E-state index is -3.82. The van der Waals surface area contributed by atoms with Crippen LogP contribution >= 0.6 is 0 Å². The monoisotopic (exact) mass is 397 g/mol. The molecule has 1 aromatic heterocycles. The van der Waals surface area contributed by atoms with Gasteiger partial charge in [-0.05, 0) is 42.3 Å². The van der Waals surface area contributed by atoms with Gasteiger partial charge in [-0.15, -0.1) is 0 Å². The number of nitrogens with zero attached hydrogens (tertiary/aromatic N) is 1. The molecule has 0 saturated carbocycles. The summed E-state index contributed by atoms with van der Waals surface area (Å²) in [7, 11) is -3.82. The highest BCUT2D eigenvalue weighted by Crippen LogP contribution is 2.21. The molecule has 0 aliphatic carbocycles. The van der Waals surface area contributed by atoms with Gasteiger partial charge in [-0.3, -0.25) is 4.79 Å². The van der Waals surface area contributed by atoms with Crippen molar-refractivity contribution in [1.82, 2.24) is 9.71 Å². The van der Waals surface area contributed by atoms with Crippen LogP contribution in [0.2, 0.25) is 0 Å². The van der Waals surface area contributed by atoms with Crippen LogP contribution in [-0.2, 0) is 16.6 Å². The Morgan fingerprint density at radius 3 is 2.54 bits per heavy atom. The first-order chi connectivity index (χ1) is 13.4. The van der Waals surface area contributed by atoms with Crippen LogP contribution in [0.1, 0.15) is 21.5 Å². The summed E-state index contributed by atoms with van der Waals surface area (Å²) >= 11 is 0. The number of carbonyl (C=O) groups excluding carboxylic acids is 1. The zero-order valence-corrected chi connectivity index (χ0v) is 15.9. The van der Waals surface area contributed by atoms with Crippen LogP contribution in [-0.4, -0.2) is 24.4 Å². The molecule has 0 fully saturated rings. The highest BCUT2D eigenvalue weighted by atomic mass is 32.2. The number of nitrogens with one attached hydrogen (secondary N) is 2. The molecule has 0 aliphatic heterocycles. The number of sulfonamides is 1. The van der Waals surface area contributed by atoms with E-state index in [-0.39, 0.29) is 28.6 Å². The Kier molecular flexibility index (Phi) is 5.72. The zero-order valence-electron chi connectivity index (χ0n) is 15.1. The Morgan fingerprint density at radius 2 is 1.82 bits per heavy atom. The lowest BCUT2D eigenvalue weighted by Crippen LogP contribution is -2.24. The molecule has 28 heavy (non-hydrogen) atoms. The van der Waals surface area contributed by atoms with Gasteiger partial charge in [0, 0.05) is 18.3 Å². The summed E-state index contributed by atoms with van der Waals surface area (Å²) in [6.07, 6.45) is 1.42. The highest BCUT2D eigenvalue weighted by Gasteiger charge is 2.19. The average Bonchev–Trinajstić information content (AvgIpc) is 2.69. The minimum Gasteiger partial charge on any atom is -0.504 e. The second-order valence-corrected chi connectivity index (χ2v) is 7.85. The lowest BCUT2D eigenvalue weighted by atomic mass is 10.1. The maximum atomic E-state index is 12.7. The number of benzene rings is 2. The normalized spacial score (nSPS) is 11.2. The second kappa shape index (κ2) is 8.20. The summed E-state index contributed by atoms with van der Waals surface area (Å²) in [5.41, 5.74) is 1.47. The van der Waals surface area contributed by atoms with E-state index >= 15 is 0 Å². The largest absolute Gasteiger partial charge is 0.504 e. The smallest absolute Gasteiger partial charge is 0.256 e. The molecular formula is C20H19N3O4S. The van der Waals surface area contributed by atoms with Gasteiger partial charge in [-0.25, -0.2) is 18.1 Å². The molecule has 0 unspecified atom stereocenters. The first kappa shape index (κ1) is 19.5. The van der Waals surface area contributed by atoms with Crippen LogP contribution in [0.15, 0.2) is 71.8 Å². The van der Waals surface area contributed by atoms with Crippen molar-refractivity contribution in [2.75, 3.05) is 5.32 Å². The third kappa shape index (κ3) is 4.54. The van der Waals surface area contributed by atoms with E-state index in [1.165, 1.54) is 30.5 Å². The van der Waals surface area contributed by atoms with Gasteiger partial charge in [-0.2, -0.15) is 0 Å². The molecule has 1 amide bonds. The fourth-order valence-electron chi connectivity index (χ4n) is 2.56. The van der Waals surface area contributed by atoms with E-state index in [4.69, 9.17) is 0 Å². The molecule has 3 rings (SSSR count). The summed E-state index contributed by atoms with van der Waals surface area (Å²) < 4.78 is 28.0. The molecule has 3 aromatic rings. The maximum Gasteiger partial charge on any atom is 0.256 e. The molecule has 0 bridgehead atoms. The van der Waals surface area contributed by atoms with Gasteiger partial charge in [0.2, 0.25) is 10.0 Å². The number of rotatable bonds is 6. The van der Waals surface area contributed by atoms with Crippen LogP contribution in [0.4, 0.5) is 5.82 Å². The van der Waals surface area contributed by atoms with Crippen molar-refractivity contribution >= 4 is 21.7 Å². The quantitative estimate of drug-likeness (QED) is 0.593. The van der Waals surface area contributed by atoms with E-state index in [1.54, 1.807) is 13.0 Å². The summed E-state index contributed by atoms with van der Waals surface area (Å²) in [6.45, 7) is 1.80. The van der Waals surface area contributed by atoms with Gasteiger partial charge in [0.25, 0.3) is 5.91 Å². The number of aromatic hydroxyl groups is 1. The number of pyridine rings is 1. The van der Waals surface area contributed by atoms with Gasteiger partial charge >= 0.3 is 0 Å². The van der Waals surface area contributed by atoms with Crippen molar-refractivity contribution in [2.24, 2.45) is 0 Å². The molecule has 0 saturated heterocycles. The fraction of sp³-hybridized carbons (Fsp3) is 0.100. The molecule has 7 nitrogen and oxygen atoms in total. The summed E-state index contributed by atoms with van der Waals surface area (Å²) in [4.78, 5) is 16.4. The molecular weight excluding hydrogens is 378 g/mol. The Hall–Kier alpha value is -3.23. The summed E-state index contributed by atoms with van der Waals surface area (Å²) in [5, 5.41) is 12.2. The fourth-order valence-corrected chi connectivity index (χ4v) is 3.84. The van der Waals surface area contributed by atoms with Crippen LogP contribution in [0, 0.1) is 6.92 Å². The standard InChI is InChI=1S/C20H19N3O4S/c1-14-9-10-16(20(25)23-19-17(24)8-5-11-21-19)12-18(14)28(26,27)22-13-15-6-3-2-4-7-15/h2-12,22,24H,13H2,1H3,(H,21,23,25). The van der Waals surface area contributed by atoms with E-state index in [9.17, 15) is 18.3 Å². The summed E-state index contributed by atoms with van der Waals surface area (Å²) in [6, 6.07) is 16.4. The maximum absolute atomic E-state index is 12.7. The minimum absolute atomic E-state index is 0.000292. The predicted octanol–water partition coefficient (Wildman–Crippen LogP) is 2.83. The van der Waals surface area contributed by atoms with Crippen molar-refractivity contribution < 1.29 is 18.3 Å². The van der Waals surface area contributed by atoms with Crippen molar-refractivity contribution in [3.8, 4) is 5.75 Å². The average molecular weight is 397 g/mol. The Bertz CT molecular complexity index is 1100. The molecule has 8 heteroatoms. The van der Waals surface area contributed by atoms with Crippen molar-refractivity contribution in [3.05, 3.63) is 83.6 Å². The Balaban J connectivity index is 1.82. The molecule has 144 valence electrons. The van der Waals surface area contributed by atoms with Crippen molar-refractivity contribution in [2.45, 2.75) is 18.4 Å². The lowest BCUT2D eigenvalue weighted by molar-refractivity contribution is 0.102. The highest BCUT2D eigenvalue weighted by molar-refractivity contribution is 7.89. The number of aryl methyl sites for hydroxylation is 1. The number of hydrogen-bond donors (Lipinski definition) is 3. The van der Waals surface area contributed by atoms with Crippen LogP contribution in [0.25, 0.3) is 0 Å². The molecule has 0 atom stereocenters. The third-order valence-electron chi connectivity index (χ3n) is 4.07. The second-order valence-electron chi connectivity index (χ2n) is 6.12. The molecule has 1 heterocycles. The number of carbonyl (C=O) groups is 1. The van der Waals surface area contributed by atoms with Crippen molar-refractivity contribution in [3.63, 3.8) is 0 Å². The van der Waals surface area contributed by atoms with Gasteiger partial charge in [0.1, 0.15) is 0 Å². The Labute approximate surface area is 163 Å². The molecule has 0 aliphatic rings. The van der Waals surface area contributed by atoms with E-state index in [1.807, 2.05) is 30.3 Å². The first-order valence-electron chi connectivity index (χ1n) is 8.46. The summed E-state index contributed by atoms with van der Waals surface area (Å²) in [5.74, 6) is -0.756. The number of anilines is 1. The van der Waals surface area contributed by atoms with E-state index in [2.05, 4.69) is 15.0 Å². The molecule has 0 spiro atoms. The van der Waals surface area contributed by atoms with E-state index in [0.29, 0.717) is 5.56 Å². The van der Waals surface area contributed by atoms with Crippen LogP contribution < -0.4 is 10.0 Å². The first-order valence-corrected chi connectivity index (χ1v) is 9.95. The van der Waals surface area contributed by atoms with Gasteiger partial charge < -0.3 is 10.4 Å². The van der Waals surface area contributed by atoms with E-state index < -0.39 is 15.9 Å². The Morgan fingerprint density at radius 1 is 1.07 bits per heavy atom. The van der Waals surface area contributed by atoms with Gasteiger partial charge in [0.05, 0.1) is 4.90 Å². The lowest BCUT2D eigenvalue weighted by Gasteiger charge is -2.12. The van der Waals surface area contributed by atoms with Crippen molar-refractivity contribution in [1.29, 1.82) is 0 Å². The molecule has 3 N–H and O–H groups in total. The topological polar surface area (TPSA) is 108 Å². The van der Waals surface area contributed by atoms with Crippen LogP contribution in [0.5, 0.6) is 5.75 Å². The third-order valence-corrected chi connectivity index (χ3v) is 5.61.